The molecular formula is C25H34N4O7. The molecule has 196 valence electrons. The van der Waals surface area contributed by atoms with Gasteiger partial charge in [0, 0.05) is 44.5 Å². The van der Waals surface area contributed by atoms with E-state index in [0.29, 0.717) is 43.1 Å². The van der Waals surface area contributed by atoms with Gasteiger partial charge in [-0.25, -0.2) is 14.7 Å². The molecule has 11 nitrogen and oxygen atoms in total. The van der Waals surface area contributed by atoms with Crippen LogP contribution in [-0.2, 0) is 31.9 Å². The Morgan fingerprint density at radius 1 is 1.25 bits per heavy atom. The lowest BCUT2D eigenvalue weighted by Crippen LogP contribution is -2.36. The SMILES string of the molecule is C=CC1=C(N(C)OCCOCCN(C)C(=O)OC(C)(C)C)NC(=O)[C@]12Cc1cc(C(=O)O)cnc1C2. The van der Waals surface area contributed by atoms with Crippen molar-refractivity contribution >= 4 is 18.0 Å². The number of aromatic carboxylic acids is 1. The Bertz CT molecular complexity index is 1080. The number of hydroxylamine groups is 2. The van der Waals surface area contributed by atoms with Gasteiger partial charge in [-0.3, -0.25) is 14.6 Å². The molecule has 36 heavy (non-hydrogen) atoms. The van der Waals surface area contributed by atoms with E-state index in [9.17, 15) is 19.5 Å². The number of aromatic nitrogens is 1. The number of carbonyl (C=O) groups is 3. The first-order valence-electron chi connectivity index (χ1n) is 11.7. The molecule has 0 saturated carbocycles. The van der Waals surface area contributed by atoms with Gasteiger partial charge in [0.25, 0.3) is 0 Å². The number of nitrogens with one attached hydrogen (secondary N) is 1. The normalized spacial score (nSPS) is 18.8. The summed E-state index contributed by atoms with van der Waals surface area (Å²) < 4.78 is 10.9. The van der Waals surface area contributed by atoms with Crippen molar-refractivity contribution in [2.45, 2.75) is 39.2 Å². The molecule has 2 heterocycles. The molecule has 1 atom stereocenters. The number of likely N-dealkylation sites (N-methyl/N-ethyl adjacent to an activating group) is 1. The molecule has 0 aromatic carbocycles. The molecule has 3 rings (SSSR count). The van der Waals surface area contributed by atoms with Gasteiger partial charge in [-0.15, -0.1) is 0 Å². The number of carbonyl (C=O) groups excluding carboxylic acids is 2. The van der Waals surface area contributed by atoms with Gasteiger partial charge in [0.05, 0.1) is 30.8 Å². The molecule has 2 amide bonds. The van der Waals surface area contributed by atoms with Crippen molar-refractivity contribution in [1.82, 2.24) is 20.3 Å². The lowest BCUT2D eigenvalue weighted by molar-refractivity contribution is -0.137. The minimum absolute atomic E-state index is 0.0892. The van der Waals surface area contributed by atoms with Crippen molar-refractivity contribution in [3.63, 3.8) is 0 Å². The molecule has 2 aliphatic rings. The molecular weight excluding hydrogens is 468 g/mol. The first-order chi connectivity index (χ1) is 16.9. The number of ether oxygens (including phenoxy) is 2. The van der Waals surface area contributed by atoms with E-state index < -0.39 is 23.1 Å². The summed E-state index contributed by atoms with van der Waals surface area (Å²) in [6.07, 6.45) is 3.20. The highest BCUT2D eigenvalue weighted by Gasteiger charge is 2.52. The number of hydrogen-bond acceptors (Lipinski definition) is 8. The average Bonchev–Trinajstić information content (AvgIpc) is 3.31. The van der Waals surface area contributed by atoms with Crippen LogP contribution in [0.2, 0.25) is 0 Å². The lowest BCUT2D eigenvalue weighted by atomic mass is 9.78. The highest BCUT2D eigenvalue weighted by molar-refractivity contribution is 5.93. The van der Waals surface area contributed by atoms with Crippen molar-refractivity contribution in [2.75, 3.05) is 40.5 Å². The van der Waals surface area contributed by atoms with Crippen LogP contribution in [0.25, 0.3) is 0 Å². The third-order valence-electron chi connectivity index (χ3n) is 6.01. The summed E-state index contributed by atoms with van der Waals surface area (Å²) >= 11 is 0. The zero-order valence-electron chi connectivity index (χ0n) is 21.4. The van der Waals surface area contributed by atoms with Gasteiger partial charge in [0.1, 0.15) is 11.4 Å². The van der Waals surface area contributed by atoms with Gasteiger partial charge in [-0.05, 0) is 38.8 Å². The fraction of sp³-hybridized carbons (Fsp3) is 0.520. The third kappa shape index (κ3) is 5.85. The summed E-state index contributed by atoms with van der Waals surface area (Å²) in [5.74, 6) is -0.792. The monoisotopic (exact) mass is 502 g/mol. The minimum Gasteiger partial charge on any atom is -0.478 e. The summed E-state index contributed by atoms with van der Waals surface area (Å²) in [6, 6.07) is 1.57. The summed E-state index contributed by atoms with van der Waals surface area (Å²) in [4.78, 5) is 47.9. The number of hydrogen-bond donors (Lipinski definition) is 2. The van der Waals surface area contributed by atoms with Crippen LogP contribution in [0.1, 0.15) is 42.4 Å². The smallest absolute Gasteiger partial charge is 0.410 e. The van der Waals surface area contributed by atoms with E-state index >= 15 is 0 Å². The predicted molar refractivity (Wildman–Crippen MR) is 130 cm³/mol. The highest BCUT2D eigenvalue weighted by Crippen LogP contribution is 2.47. The van der Waals surface area contributed by atoms with Crippen LogP contribution in [0, 0.1) is 5.41 Å². The average molecular weight is 503 g/mol. The van der Waals surface area contributed by atoms with Gasteiger partial charge in [0.2, 0.25) is 5.91 Å². The largest absolute Gasteiger partial charge is 0.478 e. The summed E-state index contributed by atoms with van der Waals surface area (Å²) in [6.45, 7) is 10.5. The first-order valence-corrected chi connectivity index (χ1v) is 11.7. The Hall–Kier alpha value is -3.44. The zero-order chi connectivity index (χ0) is 26.7. The summed E-state index contributed by atoms with van der Waals surface area (Å²) in [5.41, 5.74) is 0.722. The highest BCUT2D eigenvalue weighted by atomic mass is 16.7. The molecule has 1 spiro atoms. The lowest BCUT2D eigenvalue weighted by Gasteiger charge is -2.24. The van der Waals surface area contributed by atoms with Gasteiger partial charge in [-0.2, -0.15) is 0 Å². The fourth-order valence-electron chi connectivity index (χ4n) is 4.21. The number of pyridine rings is 1. The molecule has 1 aromatic rings. The van der Waals surface area contributed by atoms with Gasteiger partial charge in [0.15, 0.2) is 0 Å². The number of amides is 2. The number of rotatable bonds is 10. The van der Waals surface area contributed by atoms with Crippen molar-refractivity contribution in [1.29, 1.82) is 0 Å². The molecule has 0 fully saturated rings. The molecule has 11 heteroatoms. The quantitative estimate of drug-likeness (QED) is 0.365. The third-order valence-corrected chi connectivity index (χ3v) is 6.01. The van der Waals surface area contributed by atoms with E-state index in [2.05, 4.69) is 16.9 Å². The van der Waals surface area contributed by atoms with E-state index in [4.69, 9.17) is 14.3 Å². The van der Waals surface area contributed by atoms with Crippen LogP contribution in [0.15, 0.2) is 36.3 Å². The Morgan fingerprint density at radius 3 is 2.61 bits per heavy atom. The van der Waals surface area contributed by atoms with E-state index in [-0.39, 0.29) is 24.7 Å². The van der Waals surface area contributed by atoms with E-state index in [1.54, 1.807) is 26.2 Å². The molecule has 0 saturated heterocycles. The molecule has 1 aliphatic carbocycles. The second-order valence-corrected chi connectivity index (χ2v) is 9.84. The van der Waals surface area contributed by atoms with Crippen LogP contribution in [0.5, 0.6) is 0 Å². The fourth-order valence-corrected chi connectivity index (χ4v) is 4.21. The van der Waals surface area contributed by atoms with Gasteiger partial charge in [-0.1, -0.05) is 12.7 Å². The minimum atomic E-state index is -1.06. The zero-order valence-corrected chi connectivity index (χ0v) is 21.4. The number of nitrogens with zero attached hydrogens (tertiary/aromatic N) is 3. The Kier molecular flexibility index (Phi) is 8.05. The van der Waals surface area contributed by atoms with Crippen LogP contribution in [0.3, 0.4) is 0 Å². The van der Waals surface area contributed by atoms with E-state index in [0.717, 1.165) is 5.56 Å². The van der Waals surface area contributed by atoms with Crippen molar-refractivity contribution in [3.05, 3.63) is 53.1 Å². The van der Waals surface area contributed by atoms with Crippen molar-refractivity contribution in [3.8, 4) is 0 Å². The number of carboxylic acids is 1. The second-order valence-electron chi connectivity index (χ2n) is 9.84. The van der Waals surface area contributed by atoms with Crippen LogP contribution >= 0.6 is 0 Å². The standard InChI is InChI=1S/C25H34N4O7/c1-7-18-20(29(6)35-11-10-34-9-8-28(5)23(33)36-24(2,3)4)27-22(32)25(18)13-16-12-17(21(30)31)15-26-19(16)14-25/h7,12,15H,1,8-11,13-14H2,2-6H3,(H,27,32)(H,30,31)/t25-/m0/s1. The van der Waals surface area contributed by atoms with Crippen LogP contribution in [0.4, 0.5) is 4.79 Å². The van der Waals surface area contributed by atoms with Crippen molar-refractivity contribution in [2.24, 2.45) is 5.41 Å². The molecule has 1 aliphatic heterocycles. The Morgan fingerprint density at radius 2 is 1.97 bits per heavy atom. The molecule has 1 aromatic heterocycles. The topological polar surface area (TPSA) is 131 Å². The van der Waals surface area contributed by atoms with Gasteiger partial charge < -0.3 is 24.8 Å². The molecule has 0 radical (unpaired) electrons. The van der Waals surface area contributed by atoms with E-state index in [1.807, 2.05) is 20.8 Å². The molecule has 2 N–H and O–H groups in total. The van der Waals surface area contributed by atoms with Crippen LogP contribution < -0.4 is 5.32 Å². The molecule has 0 unspecified atom stereocenters. The Balaban J connectivity index is 1.54. The predicted octanol–water partition coefficient (Wildman–Crippen LogP) is 2.14. The Labute approximate surface area is 210 Å². The maximum Gasteiger partial charge on any atom is 0.410 e. The van der Waals surface area contributed by atoms with Crippen LogP contribution in [-0.4, -0.2) is 84.1 Å². The molecule has 0 bridgehead atoms. The summed E-state index contributed by atoms with van der Waals surface area (Å²) in [5, 5.41) is 13.6. The number of allylic oxidation sites excluding steroid dienone is 1. The first kappa shape index (κ1) is 27.2. The maximum absolute atomic E-state index is 13.1. The number of carboxylic acid groups (broad SMARTS) is 1. The second kappa shape index (κ2) is 10.7. The number of fused-ring (bicyclic) bond motifs is 1. The van der Waals surface area contributed by atoms with E-state index in [1.165, 1.54) is 16.2 Å². The van der Waals surface area contributed by atoms with Crippen molar-refractivity contribution < 1.29 is 33.8 Å². The van der Waals surface area contributed by atoms with Gasteiger partial charge >= 0.3 is 12.1 Å². The summed E-state index contributed by atoms with van der Waals surface area (Å²) in [7, 11) is 3.32. The maximum atomic E-state index is 13.1.